The number of carbonyl (C=O) groups is 1. The van der Waals surface area contributed by atoms with Crippen molar-refractivity contribution in [1.82, 2.24) is 0 Å². The minimum Gasteiger partial charge on any atom is -0.457 e. The maximum absolute atomic E-state index is 12.8. The summed E-state index contributed by atoms with van der Waals surface area (Å²) in [6.45, 7) is 3.63. The van der Waals surface area contributed by atoms with E-state index >= 15 is 0 Å². The maximum atomic E-state index is 12.8. The number of hydrogen-bond donors (Lipinski definition) is 7. The number of aliphatic hydroxyl groups is 7. The Hall–Kier alpha value is -1.01. The smallest absolute Gasteiger partial charge is 0.306 e. The highest BCUT2D eigenvalue weighted by atomic mass is 16.7. The van der Waals surface area contributed by atoms with Crippen molar-refractivity contribution in [1.29, 1.82) is 0 Å². The van der Waals surface area contributed by atoms with Gasteiger partial charge < -0.3 is 64.2 Å². The van der Waals surface area contributed by atoms with Gasteiger partial charge >= 0.3 is 5.97 Å². The largest absolute Gasteiger partial charge is 0.457 e. The van der Waals surface area contributed by atoms with Crippen LogP contribution in [0.15, 0.2) is 0 Å². The summed E-state index contributed by atoms with van der Waals surface area (Å²) < 4.78 is 33.9. The Bertz CT molecular complexity index is 896. The average Bonchev–Trinajstić information content (AvgIpc) is 3.15. The SMILES string of the molecule is CCCCCCCCCCCCCCC(=O)OC(COCCCCCCCCC)COC1OC(COC2OC(CO)C(O)C(O)C2O)C(O)C(O)C1O. The van der Waals surface area contributed by atoms with Crippen molar-refractivity contribution in [2.45, 2.75) is 210 Å². The Labute approximate surface area is 317 Å². The Kier molecular flexibility index (Phi) is 26.6. The zero-order chi connectivity index (χ0) is 38.8. The number of aliphatic hydroxyl groups excluding tert-OH is 7. The molecule has 0 radical (unpaired) electrons. The first-order chi connectivity index (χ1) is 25.6. The summed E-state index contributed by atoms with van der Waals surface area (Å²) in [7, 11) is 0. The van der Waals surface area contributed by atoms with Crippen LogP contribution in [0.5, 0.6) is 0 Å². The van der Waals surface area contributed by atoms with Crippen molar-refractivity contribution < 1.29 is 69.0 Å². The highest BCUT2D eigenvalue weighted by molar-refractivity contribution is 5.69. The number of carbonyl (C=O) groups excluding carboxylic acids is 1. The molecule has 2 saturated heterocycles. The summed E-state index contributed by atoms with van der Waals surface area (Å²) in [6, 6.07) is 0. The number of esters is 1. The van der Waals surface area contributed by atoms with Gasteiger partial charge in [-0.05, 0) is 12.8 Å². The lowest BCUT2D eigenvalue weighted by Crippen LogP contribution is -2.61. The summed E-state index contributed by atoms with van der Waals surface area (Å²) in [5.41, 5.74) is 0. The third-order valence-corrected chi connectivity index (χ3v) is 10.1. The number of hydrogen-bond acceptors (Lipinski definition) is 14. The van der Waals surface area contributed by atoms with Crippen molar-refractivity contribution in [2.24, 2.45) is 0 Å². The molecular formula is C39H74O14. The van der Waals surface area contributed by atoms with E-state index in [0.717, 1.165) is 38.5 Å². The van der Waals surface area contributed by atoms with Crippen LogP contribution in [-0.4, -0.2) is 142 Å². The summed E-state index contributed by atoms with van der Waals surface area (Å²) in [5.74, 6) is -0.378. The van der Waals surface area contributed by atoms with E-state index in [1.165, 1.54) is 77.0 Å². The van der Waals surface area contributed by atoms with Gasteiger partial charge in [0.2, 0.25) is 0 Å². The normalized spacial score (nSPS) is 29.7. The summed E-state index contributed by atoms with van der Waals surface area (Å²) in [5, 5.41) is 71.6. The molecule has 0 aliphatic carbocycles. The third-order valence-electron chi connectivity index (χ3n) is 10.1. The molecule has 2 aliphatic heterocycles. The van der Waals surface area contributed by atoms with E-state index in [4.69, 9.17) is 28.4 Å². The molecule has 0 aromatic rings. The van der Waals surface area contributed by atoms with Crippen LogP contribution in [0.4, 0.5) is 0 Å². The molecule has 53 heavy (non-hydrogen) atoms. The summed E-state index contributed by atoms with van der Waals surface area (Å²) in [4.78, 5) is 12.8. The van der Waals surface area contributed by atoms with Crippen molar-refractivity contribution in [3.8, 4) is 0 Å². The molecule has 0 spiro atoms. The third kappa shape index (κ3) is 19.1. The van der Waals surface area contributed by atoms with Gasteiger partial charge in [0.15, 0.2) is 12.6 Å². The molecule has 14 nitrogen and oxygen atoms in total. The van der Waals surface area contributed by atoms with Crippen molar-refractivity contribution in [3.63, 3.8) is 0 Å². The van der Waals surface area contributed by atoms with Gasteiger partial charge in [-0.3, -0.25) is 4.79 Å². The van der Waals surface area contributed by atoms with Gasteiger partial charge in [0, 0.05) is 13.0 Å². The van der Waals surface area contributed by atoms with Crippen LogP contribution in [0.1, 0.15) is 142 Å². The lowest BCUT2D eigenvalue weighted by atomic mass is 9.98. The Morgan fingerprint density at radius 3 is 1.53 bits per heavy atom. The van der Waals surface area contributed by atoms with E-state index in [1.54, 1.807) is 0 Å². The van der Waals surface area contributed by atoms with Gasteiger partial charge in [0.25, 0.3) is 0 Å². The molecule has 2 heterocycles. The Morgan fingerprint density at radius 1 is 0.547 bits per heavy atom. The molecule has 2 aliphatic rings. The molecule has 0 bridgehead atoms. The van der Waals surface area contributed by atoms with Gasteiger partial charge in [-0.2, -0.15) is 0 Å². The van der Waals surface area contributed by atoms with Crippen LogP contribution in [0.2, 0.25) is 0 Å². The number of unbranched alkanes of at least 4 members (excludes halogenated alkanes) is 17. The van der Waals surface area contributed by atoms with Crippen LogP contribution in [-0.2, 0) is 33.2 Å². The number of ether oxygens (including phenoxy) is 6. The van der Waals surface area contributed by atoms with Gasteiger partial charge in [-0.25, -0.2) is 0 Å². The predicted octanol–water partition coefficient (Wildman–Crippen LogP) is 3.40. The second-order valence-electron chi connectivity index (χ2n) is 14.8. The average molecular weight is 767 g/mol. The fraction of sp³-hybridized carbons (Fsp3) is 0.974. The van der Waals surface area contributed by atoms with Crippen LogP contribution < -0.4 is 0 Å². The molecular weight excluding hydrogens is 692 g/mol. The van der Waals surface area contributed by atoms with E-state index in [1.807, 2.05) is 0 Å². The fourth-order valence-corrected chi connectivity index (χ4v) is 6.64. The topological polar surface area (TPSA) is 214 Å². The second-order valence-corrected chi connectivity index (χ2v) is 14.8. The maximum Gasteiger partial charge on any atom is 0.306 e. The zero-order valence-electron chi connectivity index (χ0n) is 32.5. The molecule has 0 amide bonds. The Balaban J connectivity index is 1.84. The van der Waals surface area contributed by atoms with Gasteiger partial charge in [-0.15, -0.1) is 0 Å². The molecule has 7 N–H and O–H groups in total. The van der Waals surface area contributed by atoms with E-state index in [2.05, 4.69) is 13.8 Å². The van der Waals surface area contributed by atoms with E-state index in [0.29, 0.717) is 13.0 Å². The van der Waals surface area contributed by atoms with Crippen LogP contribution in [0.3, 0.4) is 0 Å². The molecule has 2 fully saturated rings. The number of rotatable bonds is 31. The van der Waals surface area contributed by atoms with Crippen LogP contribution in [0.25, 0.3) is 0 Å². The molecule has 14 heteroatoms. The first-order valence-corrected chi connectivity index (χ1v) is 20.6. The molecule has 11 atom stereocenters. The highest BCUT2D eigenvalue weighted by Gasteiger charge is 2.47. The molecule has 11 unspecified atom stereocenters. The highest BCUT2D eigenvalue weighted by Crippen LogP contribution is 2.26. The van der Waals surface area contributed by atoms with Crippen molar-refractivity contribution in [2.75, 3.05) is 33.0 Å². The lowest BCUT2D eigenvalue weighted by molar-refractivity contribution is -0.332. The lowest BCUT2D eigenvalue weighted by Gasteiger charge is -2.42. The fourth-order valence-electron chi connectivity index (χ4n) is 6.64. The van der Waals surface area contributed by atoms with Crippen LogP contribution in [0, 0.1) is 0 Å². The predicted molar refractivity (Wildman–Crippen MR) is 197 cm³/mol. The summed E-state index contributed by atoms with van der Waals surface area (Å²) in [6.07, 6.45) is 6.28. The Morgan fingerprint density at radius 2 is 1.00 bits per heavy atom. The van der Waals surface area contributed by atoms with Gasteiger partial charge in [0.1, 0.15) is 54.9 Å². The van der Waals surface area contributed by atoms with Crippen molar-refractivity contribution in [3.05, 3.63) is 0 Å². The molecule has 0 aromatic carbocycles. The van der Waals surface area contributed by atoms with Gasteiger partial charge in [-0.1, -0.05) is 123 Å². The quantitative estimate of drug-likeness (QED) is 0.0398. The molecule has 0 saturated carbocycles. The minimum atomic E-state index is -1.70. The second kappa shape index (κ2) is 29.3. The van der Waals surface area contributed by atoms with E-state index in [9.17, 15) is 40.5 Å². The molecule has 314 valence electrons. The molecule has 0 aromatic heterocycles. The van der Waals surface area contributed by atoms with E-state index in [-0.39, 0.29) is 25.6 Å². The van der Waals surface area contributed by atoms with Crippen molar-refractivity contribution >= 4 is 5.97 Å². The minimum absolute atomic E-state index is 0.0671. The monoisotopic (exact) mass is 767 g/mol. The summed E-state index contributed by atoms with van der Waals surface area (Å²) >= 11 is 0. The van der Waals surface area contributed by atoms with Gasteiger partial charge in [0.05, 0.1) is 26.4 Å². The van der Waals surface area contributed by atoms with Crippen LogP contribution >= 0.6 is 0 Å². The standard InChI is InChI=1S/C39H74O14/c1-3-5-7-9-11-12-13-14-15-16-18-20-22-31(41)51-28(25-48-23-21-19-17-10-8-6-4-2)26-49-38-37(47)35(45)33(43)30(53-38)27-50-39-36(46)34(44)32(42)29(24-40)52-39/h28-30,32-40,42-47H,3-27H2,1-2H3. The van der Waals surface area contributed by atoms with E-state index < -0.39 is 80.7 Å². The molecule has 2 rings (SSSR count). The first kappa shape index (κ1) is 48.1. The zero-order valence-corrected chi connectivity index (χ0v) is 32.5. The first-order valence-electron chi connectivity index (χ1n) is 20.6.